The van der Waals surface area contributed by atoms with Crippen LogP contribution < -0.4 is 0 Å². The summed E-state index contributed by atoms with van der Waals surface area (Å²) in [7, 11) is 0. The van der Waals surface area contributed by atoms with E-state index in [9.17, 15) is 0 Å². The zero-order chi connectivity index (χ0) is 28.8. The Bertz CT molecular complexity index is 2060. The molecule has 2 aromatic heterocycles. The second kappa shape index (κ2) is 11.6. The van der Waals surface area contributed by atoms with Crippen molar-refractivity contribution in [3.05, 3.63) is 144 Å². The van der Waals surface area contributed by atoms with Gasteiger partial charge < -0.3 is 9.13 Å². The fourth-order valence-electron chi connectivity index (χ4n) is 6.05. The first-order valence-corrected chi connectivity index (χ1v) is 14.2. The summed E-state index contributed by atoms with van der Waals surface area (Å²) in [4.78, 5) is 9.52. The van der Waals surface area contributed by atoms with Crippen molar-refractivity contribution < 1.29 is 21.1 Å². The molecule has 0 N–H and O–H groups in total. The SMILES string of the molecule is Cc1cccc(C)c1-n1ccnc1-c1[c-]c(-c2cccc3ccc(-c4nccn4-c4c(C)cccc4C)[c-]c23)ccc1.[Pt+2]. The molecule has 0 aliphatic heterocycles. The largest absolute Gasteiger partial charge is 2.00 e. The van der Waals surface area contributed by atoms with Gasteiger partial charge in [-0.25, -0.2) is 0 Å². The van der Waals surface area contributed by atoms with Gasteiger partial charge in [0, 0.05) is 36.2 Å². The Balaban J connectivity index is 0.00000329. The van der Waals surface area contributed by atoms with Crippen LogP contribution >= 0.6 is 0 Å². The molecule has 212 valence electrons. The zero-order valence-electron chi connectivity index (χ0n) is 24.5. The van der Waals surface area contributed by atoms with Crippen molar-refractivity contribution in [1.29, 1.82) is 0 Å². The molecule has 0 bridgehead atoms. The minimum atomic E-state index is 0. The Morgan fingerprint density at radius 3 is 1.58 bits per heavy atom. The van der Waals surface area contributed by atoms with Gasteiger partial charge in [-0.05, 0) is 49.9 Å². The predicted molar refractivity (Wildman–Crippen MR) is 171 cm³/mol. The first-order valence-electron chi connectivity index (χ1n) is 14.2. The number of aryl methyl sites for hydroxylation is 4. The molecule has 2 heterocycles. The smallest absolute Gasteiger partial charge is 0.331 e. The van der Waals surface area contributed by atoms with E-state index in [-0.39, 0.29) is 21.1 Å². The van der Waals surface area contributed by atoms with Gasteiger partial charge in [-0.15, -0.1) is 53.4 Å². The normalized spacial score (nSPS) is 11.1. The molecule has 7 aromatic rings. The maximum Gasteiger partial charge on any atom is 2.00 e. The molecule has 0 saturated carbocycles. The molecule has 0 fully saturated rings. The maximum atomic E-state index is 4.77. The molecule has 0 atom stereocenters. The average Bonchev–Trinajstić information content (AvgIpc) is 3.67. The first kappa shape index (κ1) is 28.6. The standard InChI is InChI=1S/C38H30N4.Pt/c1-25-9-5-10-26(2)35(25)41-21-19-39-37(41)31-15-7-14-30(23-31)33-16-8-13-29-17-18-32(24-34(29)33)38-40-20-22-42(38)36-27(3)11-6-12-28(36)4;/h5-22H,1-4H3;/q-2;+2. The average molecular weight is 738 g/mol. The first-order chi connectivity index (χ1) is 20.5. The topological polar surface area (TPSA) is 35.6 Å². The van der Waals surface area contributed by atoms with Crippen LogP contribution in [0, 0.1) is 39.8 Å². The van der Waals surface area contributed by atoms with Crippen molar-refractivity contribution >= 4 is 10.8 Å². The van der Waals surface area contributed by atoms with Crippen LogP contribution in [-0.4, -0.2) is 19.1 Å². The number of benzene rings is 5. The molecule has 0 radical (unpaired) electrons. The van der Waals surface area contributed by atoms with E-state index in [2.05, 4.69) is 134 Å². The second-order valence-corrected chi connectivity index (χ2v) is 10.8. The van der Waals surface area contributed by atoms with Gasteiger partial charge in [0.2, 0.25) is 0 Å². The van der Waals surface area contributed by atoms with Crippen molar-refractivity contribution in [2.75, 3.05) is 0 Å². The van der Waals surface area contributed by atoms with Crippen LogP contribution in [0.4, 0.5) is 0 Å². The molecular weight excluding hydrogens is 708 g/mol. The van der Waals surface area contributed by atoms with E-state index in [1.807, 2.05) is 24.8 Å². The number of rotatable bonds is 5. The summed E-state index contributed by atoms with van der Waals surface area (Å²) in [6.45, 7) is 8.56. The third kappa shape index (κ3) is 5.06. The molecule has 0 aliphatic carbocycles. The summed E-state index contributed by atoms with van der Waals surface area (Å²) in [5.41, 5.74) is 11.1. The number of aromatic nitrogens is 4. The van der Waals surface area contributed by atoms with Gasteiger partial charge in [0.05, 0.1) is 11.6 Å². The van der Waals surface area contributed by atoms with Gasteiger partial charge in [0.1, 0.15) is 0 Å². The fourth-order valence-corrected chi connectivity index (χ4v) is 6.05. The van der Waals surface area contributed by atoms with Crippen LogP contribution in [0.1, 0.15) is 22.3 Å². The van der Waals surface area contributed by atoms with Crippen LogP contribution in [0.5, 0.6) is 0 Å². The van der Waals surface area contributed by atoms with Crippen LogP contribution in [0.3, 0.4) is 0 Å². The molecule has 0 amide bonds. The number of hydrogen-bond acceptors (Lipinski definition) is 2. The summed E-state index contributed by atoms with van der Waals surface area (Å²) in [6, 6.07) is 37.1. The van der Waals surface area contributed by atoms with E-state index in [1.54, 1.807) is 0 Å². The van der Waals surface area contributed by atoms with Gasteiger partial charge >= 0.3 is 21.1 Å². The Kier molecular flexibility index (Phi) is 7.73. The minimum Gasteiger partial charge on any atom is -0.331 e. The van der Waals surface area contributed by atoms with Crippen molar-refractivity contribution in [3.8, 4) is 45.3 Å². The van der Waals surface area contributed by atoms with Gasteiger partial charge in [-0.2, -0.15) is 0 Å². The minimum absolute atomic E-state index is 0. The van der Waals surface area contributed by atoms with Crippen LogP contribution in [0.15, 0.2) is 110 Å². The fraction of sp³-hybridized carbons (Fsp3) is 0.105. The summed E-state index contributed by atoms with van der Waals surface area (Å²) in [5, 5.41) is 2.16. The van der Waals surface area contributed by atoms with Crippen LogP contribution in [0.25, 0.3) is 56.0 Å². The van der Waals surface area contributed by atoms with Crippen molar-refractivity contribution in [1.82, 2.24) is 19.1 Å². The van der Waals surface area contributed by atoms with Gasteiger partial charge in [-0.1, -0.05) is 76.7 Å². The van der Waals surface area contributed by atoms with Gasteiger partial charge in [0.15, 0.2) is 0 Å². The van der Waals surface area contributed by atoms with E-state index in [1.165, 1.54) is 22.3 Å². The summed E-state index contributed by atoms with van der Waals surface area (Å²) in [6.07, 6.45) is 7.78. The maximum absolute atomic E-state index is 4.77. The number of hydrogen-bond donors (Lipinski definition) is 0. The molecule has 0 aliphatic rings. The molecule has 5 heteroatoms. The molecule has 0 saturated heterocycles. The van der Waals surface area contributed by atoms with Crippen molar-refractivity contribution in [2.24, 2.45) is 0 Å². The quantitative estimate of drug-likeness (QED) is 0.165. The predicted octanol–water partition coefficient (Wildman–Crippen LogP) is 9.04. The van der Waals surface area contributed by atoms with Crippen LogP contribution in [0.2, 0.25) is 0 Å². The Labute approximate surface area is 267 Å². The van der Waals surface area contributed by atoms with Crippen LogP contribution in [-0.2, 0) is 21.1 Å². The van der Waals surface area contributed by atoms with Crippen molar-refractivity contribution in [2.45, 2.75) is 27.7 Å². The molecule has 5 aromatic carbocycles. The number of imidazole rings is 2. The van der Waals surface area contributed by atoms with Crippen molar-refractivity contribution in [3.63, 3.8) is 0 Å². The Morgan fingerprint density at radius 1 is 0.512 bits per heavy atom. The summed E-state index contributed by atoms with van der Waals surface area (Å²) < 4.78 is 4.34. The van der Waals surface area contributed by atoms with E-state index in [0.29, 0.717) is 0 Å². The Hall–Kier alpha value is -4.53. The number of para-hydroxylation sites is 2. The zero-order valence-corrected chi connectivity index (χ0v) is 26.8. The monoisotopic (exact) mass is 737 g/mol. The second-order valence-electron chi connectivity index (χ2n) is 10.8. The molecule has 0 spiro atoms. The van der Waals surface area contributed by atoms with E-state index < -0.39 is 0 Å². The number of nitrogens with zero attached hydrogens (tertiary/aromatic N) is 4. The van der Waals surface area contributed by atoms with E-state index in [4.69, 9.17) is 9.97 Å². The third-order valence-electron chi connectivity index (χ3n) is 8.00. The number of fused-ring (bicyclic) bond motifs is 1. The van der Waals surface area contributed by atoms with Gasteiger partial charge in [0.25, 0.3) is 0 Å². The van der Waals surface area contributed by atoms with Gasteiger partial charge in [-0.3, -0.25) is 9.97 Å². The molecule has 7 rings (SSSR count). The Morgan fingerprint density at radius 2 is 1.00 bits per heavy atom. The molecular formula is C38H30N4Pt. The van der Waals surface area contributed by atoms with E-state index >= 15 is 0 Å². The molecule has 43 heavy (non-hydrogen) atoms. The summed E-state index contributed by atoms with van der Waals surface area (Å²) >= 11 is 0. The molecule has 4 nitrogen and oxygen atoms in total. The third-order valence-corrected chi connectivity index (χ3v) is 8.00. The summed E-state index contributed by atoms with van der Waals surface area (Å²) in [5.74, 6) is 1.74. The molecule has 0 unspecified atom stereocenters. The van der Waals surface area contributed by atoms with E-state index in [0.717, 1.165) is 56.0 Å².